The highest BCUT2D eigenvalue weighted by molar-refractivity contribution is 5.92. The van der Waals surface area contributed by atoms with Gasteiger partial charge in [0.1, 0.15) is 5.69 Å². The molecule has 0 bridgehead atoms. The number of aliphatic hydroxyl groups is 1. The van der Waals surface area contributed by atoms with Crippen LogP contribution in [0.3, 0.4) is 0 Å². The van der Waals surface area contributed by atoms with Crippen molar-refractivity contribution in [2.45, 2.75) is 37.8 Å². The normalized spacial score (nSPS) is 20.7. The Bertz CT molecular complexity index is 531. The number of hydrogen-bond acceptors (Lipinski definition) is 4. The largest absolute Gasteiger partial charge is 0.395 e. The van der Waals surface area contributed by atoms with Crippen LogP contribution in [0.25, 0.3) is 0 Å². The molecule has 5 heteroatoms. The highest BCUT2D eigenvalue weighted by atomic mass is 16.5. The van der Waals surface area contributed by atoms with Gasteiger partial charge in [-0.2, -0.15) is 0 Å². The summed E-state index contributed by atoms with van der Waals surface area (Å²) in [6.07, 6.45) is 5.03. The quantitative estimate of drug-likeness (QED) is 0.814. The topological polar surface area (TPSA) is 71.5 Å². The van der Waals surface area contributed by atoms with E-state index in [4.69, 9.17) is 9.84 Å². The molecule has 1 heterocycles. The van der Waals surface area contributed by atoms with Gasteiger partial charge in [-0.25, -0.2) is 4.98 Å². The number of methoxy groups -OCH3 is 1. The second-order valence-electron chi connectivity index (χ2n) is 5.05. The number of aliphatic hydroxyl groups excluding tert-OH is 1. The Kier molecular flexibility index (Phi) is 5.73. The first-order valence-electron chi connectivity index (χ1n) is 7.12. The van der Waals surface area contributed by atoms with Gasteiger partial charge >= 0.3 is 0 Å². The van der Waals surface area contributed by atoms with Gasteiger partial charge in [0.15, 0.2) is 0 Å². The van der Waals surface area contributed by atoms with Gasteiger partial charge in [-0.05, 0) is 31.4 Å². The third kappa shape index (κ3) is 4.55. The fourth-order valence-corrected chi connectivity index (χ4v) is 2.37. The van der Waals surface area contributed by atoms with E-state index < -0.39 is 0 Å². The molecule has 1 amide bonds. The summed E-state index contributed by atoms with van der Waals surface area (Å²) < 4.78 is 5.29. The Morgan fingerprint density at radius 3 is 3.00 bits per heavy atom. The van der Waals surface area contributed by atoms with E-state index in [-0.39, 0.29) is 24.7 Å². The van der Waals surface area contributed by atoms with Crippen LogP contribution >= 0.6 is 0 Å². The highest BCUT2D eigenvalue weighted by Gasteiger charge is 2.26. The number of nitrogens with one attached hydrogen (secondary N) is 1. The lowest BCUT2D eigenvalue weighted by Crippen LogP contribution is -2.33. The molecule has 2 N–H and O–H groups in total. The molecule has 1 aliphatic rings. The van der Waals surface area contributed by atoms with Crippen LogP contribution in [0.2, 0.25) is 0 Å². The van der Waals surface area contributed by atoms with Crippen LogP contribution in [0.15, 0.2) is 18.3 Å². The van der Waals surface area contributed by atoms with Crippen LogP contribution < -0.4 is 5.32 Å². The Hall–Kier alpha value is -1.90. The SMILES string of the molecule is COC1CCC(NC(=O)c2ccc(C#CCCO)cn2)C1. The number of amides is 1. The molecule has 0 aromatic carbocycles. The number of pyridine rings is 1. The molecule has 5 nitrogen and oxygen atoms in total. The predicted molar refractivity (Wildman–Crippen MR) is 78.7 cm³/mol. The van der Waals surface area contributed by atoms with Crippen LogP contribution in [-0.2, 0) is 4.74 Å². The molecule has 1 fully saturated rings. The molecule has 0 aliphatic heterocycles. The smallest absolute Gasteiger partial charge is 0.270 e. The van der Waals surface area contributed by atoms with E-state index in [0.29, 0.717) is 12.1 Å². The second kappa shape index (κ2) is 7.77. The monoisotopic (exact) mass is 288 g/mol. The molecule has 1 aromatic rings. The van der Waals surface area contributed by atoms with Crippen LogP contribution in [0.5, 0.6) is 0 Å². The predicted octanol–water partition coefficient (Wildman–Crippen LogP) is 1.11. The molecule has 2 atom stereocenters. The summed E-state index contributed by atoms with van der Waals surface area (Å²) in [6, 6.07) is 3.59. The van der Waals surface area contributed by atoms with Crippen molar-refractivity contribution in [1.29, 1.82) is 0 Å². The Balaban J connectivity index is 1.90. The maximum Gasteiger partial charge on any atom is 0.270 e. The molecular weight excluding hydrogens is 268 g/mol. The van der Waals surface area contributed by atoms with Crippen molar-refractivity contribution < 1.29 is 14.6 Å². The molecule has 0 spiro atoms. The van der Waals surface area contributed by atoms with Gasteiger partial charge in [-0.15, -0.1) is 0 Å². The first-order chi connectivity index (χ1) is 10.2. The zero-order valence-corrected chi connectivity index (χ0v) is 12.1. The van der Waals surface area contributed by atoms with Crippen LogP contribution in [0.4, 0.5) is 0 Å². The number of hydrogen-bond donors (Lipinski definition) is 2. The first-order valence-corrected chi connectivity index (χ1v) is 7.12. The van der Waals surface area contributed by atoms with Crippen molar-refractivity contribution in [2.24, 2.45) is 0 Å². The van der Waals surface area contributed by atoms with Crippen molar-refractivity contribution in [3.05, 3.63) is 29.6 Å². The van der Waals surface area contributed by atoms with E-state index in [1.807, 2.05) is 0 Å². The van der Waals surface area contributed by atoms with E-state index >= 15 is 0 Å². The van der Waals surface area contributed by atoms with Gasteiger partial charge in [-0.3, -0.25) is 4.79 Å². The van der Waals surface area contributed by atoms with Crippen LogP contribution in [0.1, 0.15) is 41.7 Å². The Labute approximate surface area is 124 Å². The summed E-state index contributed by atoms with van der Waals surface area (Å²) in [5, 5.41) is 11.6. The van der Waals surface area contributed by atoms with E-state index in [1.165, 1.54) is 0 Å². The minimum atomic E-state index is -0.161. The lowest BCUT2D eigenvalue weighted by Gasteiger charge is -2.12. The van der Waals surface area contributed by atoms with Gasteiger partial charge in [0.25, 0.3) is 5.91 Å². The Morgan fingerprint density at radius 1 is 1.52 bits per heavy atom. The molecular formula is C16H20N2O3. The number of ether oxygens (including phenoxy) is 1. The van der Waals surface area contributed by atoms with Gasteiger partial charge < -0.3 is 15.2 Å². The number of nitrogens with zero attached hydrogens (tertiary/aromatic N) is 1. The molecule has 2 rings (SSSR count). The zero-order chi connectivity index (χ0) is 15.1. The third-order valence-electron chi connectivity index (χ3n) is 3.52. The fraction of sp³-hybridized carbons (Fsp3) is 0.500. The third-order valence-corrected chi connectivity index (χ3v) is 3.52. The summed E-state index contributed by atoms with van der Waals surface area (Å²) in [5.74, 6) is 5.53. The average Bonchev–Trinajstić information content (AvgIpc) is 2.96. The highest BCUT2D eigenvalue weighted by Crippen LogP contribution is 2.21. The molecule has 1 saturated carbocycles. The van der Waals surface area contributed by atoms with Gasteiger partial charge in [0.2, 0.25) is 0 Å². The van der Waals surface area contributed by atoms with E-state index in [2.05, 4.69) is 22.1 Å². The Morgan fingerprint density at radius 2 is 2.38 bits per heavy atom. The lowest BCUT2D eigenvalue weighted by atomic mass is 10.2. The molecule has 1 aliphatic carbocycles. The van der Waals surface area contributed by atoms with E-state index in [9.17, 15) is 4.79 Å². The van der Waals surface area contributed by atoms with E-state index in [0.717, 1.165) is 24.8 Å². The molecule has 21 heavy (non-hydrogen) atoms. The van der Waals surface area contributed by atoms with Crippen molar-refractivity contribution >= 4 is 5.91 Å². The molecule has 1 aromatic heterocycles. The number of carbonyl (C=O) groups is 1. The second-order valence-corrected chi connectivity index (χ2v) is 5.05. The number of aromatic nitrogens is 1. The van der Waals surface area contributed by atoms with Crippen LogP contribution in [-0.4, -0.2) is 41.9 Å². The maximum absolute atomic E-state index is 12.1. The van der Waals surface area contributed by atoms with Crippen LogP contribution in [0, 0.1) is 11.8 Å². The summed E-state index contributed by atoms with van der Waals surface area (Å²) >= 11 is 0. The molecule has 0 radical (unpaired) electrons. The molecule has 0 saturated heterocycles. The molecule has 112 valence electrons. The summed E-state index contributed by atoms with van der Waals surface area (Å²) in [4.78, 5) is 16.2. The number of rotatable bonds is 4. The van der Waals surface area contributed by atoms with Crippen molar-refractivity contribution in [3.63, 3.8) is 0 Å². The van der Waals surface area contributed by atoms with Crippen molar-refractivity contribution in [3.8, 4) is 11.8 Å². The summed E-state index contributed by atoms with van der Waals surface area (Å²) in [5.41, 5.74) is 1.13. The minimum absolute atomic E-state index is 0.0464. The molecule has 2 unspecified atom stereocenters. The van der Waals surface area contributed by atoms with Gasteiger partial charge in [-0.1, -0.05) is 11.8 Å². The first kappa shape index (κ1) is 15.5. The zero-order valence-electron chi connectivity index (χ0n) is 12.1. The van der Waals surface area contributed by atoms with Crippen molar-refractivity contribution in [1.82, 2.24) is 10.3 Å². The number of carbonyl (C=O) groups excluding carboxylic acids is 1. The standard InChI is InChI=1S/C16H20N2O3/c1-21-14-7-6-13(10-14)18-16(20)15-8-5-12(11-17-15)4-2-3-9-19/h5,8,11,13-14,19H,3,6-7,9-10H2,1H3,(H,18,20). The maximum atomic E-state index is 12.1. The van der Waals surface area contributed by atoms with Gasteiger partial charge in [0, 0.05) is 31.3 Å². The fourth-order valence-electron chi connectivity index (χ4n) is 2.37. The average molecular weight is 288 g/mol. The summed E-state index contributed by atoms with van der Waals surface area (Å²) in [6.45, 7) is 0.0464. The van der Waals surface area contributed by atoms with Gasteiger partial charge in [0.05, 0.1) is 12.7 Å². The van der Waals surface area contributed by atoms with Crippen molar-refractivity contribution in [2.75, 3.05) is 13.7 Å². The lowest BCUT2D eigenvalue weighted by molar-refractivity contribution is 0.0910. The van der Waals surface area contributed by atoms with E-state index in [1.54, 1.807) is 25.4 Å². The summed E-state index contributed by atoms with van der Waals surface area (Å²) in [7, 11) is 1.70. The minimum Gasteiger partial charge on any atom is -0.395 e.